The molecule has 0 spiro atoms. The summed E-state index contributed by atoms with van der Waals surface area (Å²) in [6.45, 7) is 6.03. The van der Waals surface area contributed by atoms with E-state index in [1.807, 2.05) is 13.8 Å². The van der Waals surface area contributed by atoms with Crippen molar-refractivity contribution in [3.05, 3.63) is 16.1 Å². The van der Waals surface area contributed by atoms with E-state index in [0.717, 1.165) is 5.01 Å². The Kier molecular flexibility index (Phi) is 5.20. The fourth-order valence-electron chi connectivity index (χ4n) is 1.00. The number of hydrogen-bond donors (Lipinski definition) is 3. The molecule has 1 rings (SSSR count). The minimum absolute atomic E-state index is 0.0808. The molecule has 4 N–H and O–H groups in total. The SMILES string of the molecule is CC(N)=NC(=N)c1csc(CNOC(C)C)n1. The van der Waals surface area contributed by atoms with Crippen LogP contribution in [-0.4, -0.2) is 22.8 Å². The third kappa shape index (κ3) is 5.03. The minimum Gasteiger partial charge on any atom is -0.387 e. The average molecular weight is 255 g/mol. The average Bonchev–Trinajstić information content (AvgIpc) is 2.64. The number of nitrogens with two attached hydrogens (primary N) is 1. The van der Waals surface area contributed by atoms with E-state index < -0.39 is 0 Å². The second-order valence-electron chi connectivity index (χ2n) is 3.72. The highest BCUT2D eigenvalue weighted by Gasteiger charge is 2.06. The molecule has 0 radical (unpaired) electrons. The van der Waals surface area contributed by atoms with E-state index in [0.29, 0.717) is 18.1 Å². The van der Waals surface area contributed by atoms with E-state index in [2.05, 4.69) is 15.5 Å². The van der Waals surface area contributed by atoms with Crippen molar-refractivity contribution in [2.45, 2.75) is 33.4 Å². The number of aromatic nitrogens is 1. The molecule has 0 unspecified atom stereocenters. The topological polar surface area (TPSA) is 96.4 Å². The van der Waals surface area contributed by atoms with E-state index >= 15 is 0 Å². The Morgan fingerprint density at radius 3 is 3.00 bits per heavy atom. The van der Waals surface area contributed by atoms with Gasteiger partial charge in [-0.2, -0.15) is 5.48 Å². The van der Waals surface area contributed by atoms with Crippen LogP contribution in [0, 0.1) is 5.41 Å². The number of thiazole rings is 1. The number of rotatable bonds is 5. The van der Waals surface area contributed by atoms with E-state index in [4.69, 9.17) is 16.0 Å². The van der Waals surface area contributed by atoms with Crippen molar-refractivity contribution < 1.29 is 4.84 Å². The van der Waals surface area contributed by atoms with Gasteiger partial charge in [-0.05, 0) is 20.8 Å². The van der Waals surface area contributed by atoms with Crippen molar-refractivity contribution in [2.75, 3.05) is 0 Å². The van der Waals surface area contributed by atoms with Crippen LogP contribution in [0.15, 0.2) is 10.4 Å². The van der Waals surface area contributed by atoms with Crippen LogP contribution in [-0.2, 0) is 11.4 Å². The maximum Gasteiger partial charge on any atom is 0.173 e. The molecule has 0 bridgehead atoms. The van der Waals surface area contributed by atoms with Gasteiger partial charge in [-0.15, -0.1) is 11.3 Å². The van der Waals surface area contributed by atoms with Crippen LogP contribution < -0.4 is 11.2 Å². The molecule has 0 aliphatic heterocycles. The Labute approximate surface area is 104 Å². The Morgan fingerprint density at radius 2 is 2.41 bits per heavy atom. The highest BCUT2D eigenvalue weighted by atomic mass is 32.1. The molecule has 1 aromatic heterocycles. The lowest BCUT2D eigenvalue weighted by Gasteiger charge is -2.06. The number of hydroxylamine groups is 1. The van der Waals surface area contributed by atoms with Gasteiger partial charge in [0.2, 0.25) is 0 Å². The third-order valence-corrected chi connectivity index (χ3v) is 2.47. The lowest BCUT2D eigenvalue weighted by molar-refractivity contribution is -0.00886. The molecular weight excluding hydrogens is 238 g/mol. The van der Waals surface area contributed by atoms with E-state index in [-0.39, 0.29) is 11.9 Å². The quantitative estimate of drug-likeness (QED) is 0.419. The van der Waals surface area contributed by atoms with Crippen LogP contribution in [0.3, 0.4) is 0 Å². The van der Waals surface area contributed by atoms with Crippen LogP contribution in [0.25, 0.3) is 0 Å². The molecule has 0 saturated heterocycles. The Hall–Kier alpha value is -1.31. The van der Waals surface area contributed by atoms with Crippen molar-refractivity contribution >= 4 is 23.0 Å². The highest BCUT2D eigenvalue weighted by Crippen LogP contribution is 2.10. The largest absolute Gasteiger partial charge is 0.387 e. The van der Waals surface area contributed by atoms with Crippen molar-refractivity contribution in [3.8, 4) is 0 Å². The minimum atomic E-state index is 0.0808. The van der Waals surface area contributed by atoms with Crippen molar-refractivity contribution in [1.82, 2.24) is 10.5 Å². The Morgan fingerprint density at radius 1 is 1.71 bits per heavy atom. The van der Waals surface area contributed by atoms with Gasteiger partial charge in [-0.3, -0.25) is 10.2 Å². The first-order valence-corrected chi connectivity index (χ1v) is 6.09. The van der Waals surface area contributed by atoms with Gasteiger partial charge in [-0.25, -0.2) is 9.98 Å². The second kappa shape index (κ2) is 6.43. The lowest BCUT2D eigenvalue weighted by atomic mass is 10.4. The van der Waals surface area contributed by atoms with E-state index in [1.54, 1.807) is 12.3 Å². The molecule has 0 aliphatic carbocycles. The first kappa shape index (κ1) is 13.8. The highest BCUT2D eigenvalue weighted by molar-refractivity contribution is 7.09. The van der Waals surface area contributed by atoms with Crippen LogP contribution in [0.2, 0.25) is 0 Å². The molecule has 17 heavy (non-hydrogen) atoms. The molecule has 0 amide bonds. The molecule has 0 aromatic carbocycles. The molecule has 0 saturated carbocycles. The number of aliphatic imine (C=N–C) groups is 1. The molecule has 94 valence electrons. The normalized spacial score (nSPS) is 12.1. The Bertz CT molecular complexity index is 409. The summed E-state index contributed by atoms with van der Waals surface area (Å²) in [5.74, 6) is 0.433. The molecule has 6 nitrogen and oxygen atoms in total. The molecule has 1 aromatic rings. The van der Waals surface area contributed by atoms with Crippen LogP contribution in [0.1, 0.15) is 31.5 Å². The zero-order valence-corrected chi connectivity index (χ0v) is 11.0. The smallest absolute Gasteiger partial charge is 0.173 e. The van der Waals surface area contributed by atoms with E-state index in [9.17, 15) is 0 Å². The molecule has 0 atom stereocenters. The van der Waals surface area contributed by atoms with Crippen LogP contribution in [0.5, 0.6) is 0 Å². The predicted octanol–water partition coefficient (Wildman–Crippen LogP) is 1.28. The lowest BCUT2D eigenvalue weighted by Crippen LogP contribution is -2.19. The van der Waals surface area contributed by atoms with Gasteiger partial charge in [0.25, 0.3) is 0 Å². The first-order valence-electron chi connectivity index (χ1n) is 5.21. The maximum absolute atomic E-state index is 7.64. The predicted molar refractivity (Wildman–Crippen MR) is 69.3 cm³/mol. The second-order valence-corrected chi connectivity index (χ2v) is 4.66. The zero-order chi connectivity index (χ0) is 12.8. The number of hydrogen-bond acceptors (Lipinski definition) is 5. The first-order chi connectivity index (χ1) is 7.99. The van der Waals surface area contributed by atoms with Crippen molar-refractivity contribution in [2.24, 2.45) is 10.7 Å². The standard InChI is InChI=1S/C10H17N5OS/c1-6(2)16-13-4-9-15-8(5-17-9)10(12)14-7(3)11/h5-6,13H,4H2,1-3H3,(H3,11,12,14). The van der Waals surface area contributed by atoms with Gasteiger partial charge in [0, 0.05) is 5.38 Å². The molecule has 1 heterocycles. The summed E-state index contributed by atoms with van der Waals surface area (Å²) in [6.07, 6.45) is 0.122. The molecule has 0 aliphatic rings. The summed E-state index contributed by atoms with van der Waals surface area (Å²) >= 11 is 1.45. The Balaban J connectivity index is 2.53. The summed E-state index contributed by atoms with van der Waals surface area (Å²) in [7, 11) is 0. The van der Waals surface area contributed by atoms with Gasteiger partial charge in [0.15, 0.2) is 5.84 Å². The zero-order valence-electron chi connectivity index (χ0n) is 10.2. The van der Waals surface area contributed by atoms with Crippen LogP contribution in [0.4, 0.5) is 0 Å². The summed E-state index contributed by atoms with van der Waals surface area (Å²) in [6, 6.07) is 0. The molecular formula is C10H17N5OS. The monoisotopic (exact) mass is 255 g/mol. The van der Waals surface area contributed by atoms with Gasteiger partial charge in [0.1, 0.15) is 10.7 Å². The molecule has 7 heteroatoms. The number of amidine groups is 2. The fraction of sp³-hybridized carbons (Fsp3) is 0.500. The van der Waals surface area contributed by atoms with Crippen molar-refractivity contribution in [1.29, 1.82) is 5.41 Å². The fourth-order valence-corrected chi connectivity index (χ4v) is 1.71. The number of nitrogens with one attached hydrogen (secondary N) is 2. The van der Waals surface area contributed by atoms with Gasteiger partial charge >= 0.3 is 0 Å². The van der Waals surface area contributed by atoms with E-state index in [1.165, 1.54) is 11.3 Å². The molecule has 0 fully saturated rings. The summed E-state index contributed by atoms with van der Waals surface area (Å²) in [5.41, 5.74) is 8.74. The van der Waals surface area contributed by atoms with Crippen LogP contribution >= 0.6 is 11.3 Å². The third-order valence-electron chi connectivity index (χ3n) is 1.62. The van der Waals surface area contributed by atoms with Gasteiger partial charge < -0.3 is 5.73 Å². The van der Waals surface area contributed by atoms with Crippen molar-refractivity contribution in [3.63, 3.8) is 0 Å². The summed E-state index contributed by atoms with van der Waals surface area (Å²) in [5, 5.41) is 10.3. The summed E-state index contributed by atoms with van der Waals surface area (Å²) < 4.78 is 0. The maximum atomic E-state index is 7.64. The van der Waals surface area contributed by atoms with Gasteiger partial charge in [-0.1, -0.05) is 0 Å². The number of nitrogens with zero attached hydrogens (tertiary/aromatic N) is 2. The van der Waals surface area contributed by atoms with Gasteiger partial charge in [0.05, 0.1) is 18.5 Å². The summed E-state index contributed by atoms with van der Waals surface area (Å²) in [4.78, 5) is 13.3.